The Labute approximate surface area is 125 Å². The predicted octanol–water partition coefficient (Wildman–Crippen LogP) is 4.21. The van der Waals surface area contributed by atoms with E-state index in [1.807, 2.05) is 23.6 Å². The molecule has 0 fully saturated rings. The van der Waals surface area contributed by atoms with Gasteiger partial charge in [-0.2, -0.15) is 0 Å². The molecule has 0 aliphatic rings. The minimum Gasteiger partial charge on any atom is -0.495 e. The number of aromatic nitrogens is 1. The molecule has 21 heavy (non-hydrogen) atoms. The Hall–Kier alpha value is -2.40. The Morgan fingerprint density at radius 3 is 2.48 bits per heavy atom. The van der Waals surface area contributed by atoms with Crippen molar-refractivity contribution in [2.45, 2.75) is 0 Å². The third kappa shape index (κ3) is 2.73. The van der Waals surface area contributed by atoms with Crippen molar-refractivity contribution in [2.24, 2.45) is 0 Å². The first-order valence-electron chi connectivity index (χ1n) is 6.33. The number of nitrogens with zero attached hydrogens (tertiary/aromatic N) is 1. The summed E-state index contributed by atoms with van der Waals surface area (Å²) in [6.07, 6.45) is 0. The predicted molar refractivity (Wildman–Crippen MR) is 83.9 cm³/mol. The van der Waals surface area contributed by atoms with Crippen molar-refractivity contribution in [3.05, 3.63) is 53.7 Å². The number of halogens is 1. The van der Waals surface area contributed by atoms with Crippen LogP contribution in [0.5, 0.6) is 5.75 Å². The number of ether oxygens (including phenoxy) is 1. The zero-order valence-electron chi connectivity index (χ0n) is 11.3. The molecule has 106 valence electrons. The van der Waals surface area contributed by atoms with Gasteiger partial charge in [0, 0.05) is 16.5 Å². The van der Waals surface area contributed by atoms with E-state index in [1.165, 1.54) is 23.5 Å². The number of nitrogen functional groups attached to an aromatic ring is 1. The first-order valence-corrected chi connectivity index (χ1v) is 7.20. The Morgan fingerprint density at radius 1 is 1.10 bits per heavy atom. The van der Waals surface area contributed by atoms with Gasteiger partial charge in [0.2, 0.25) is 0 Å². The minimum atomic E-state index is -0.253. The molecule has 1 aromatic heterocycles. The van der Waals surface area contributed by atoms with Gasteiger partial charge in [0.25, 0.3) is 0 Å². The van der Waals surface area contributed by atoms with Crippen molar-refractivity contribution in [3.8, 4) is 27.6 Å². The third-order valence-electron chi connectivity index (χ3n) is 3.12. The first-order chi connectivity index (χ1) is 10.2. The number of nitrogens with two attached hydrogens (primary N) is 1. The lowest BCUT2D eigenvalue weighted by molar-refractivity contribution is 0.417. The van der Waals surface area contributed by atoms with Crippen molar-refractivity contribution in [1.29, 1.82) is 0 Å². The summed E-state index contributed by atoms with van der Waals surface area (Å²) in [5.41, 5.74) is 9.14. The maximum Gasteiger partial charge on any atom is 0.141 e. The van der Waals surface area contributed by atoms with Gasteiger partial charge in [0.05, 0.1) is 18.5 Å². The van der Waals surface area contributed by atoms with Crippen LogP contribution in [0.15, 0.2) is 47.8 Å². The summed E-state index contributed by atoms with van der Waals surface area (Å²) in [5, 5.41) is 2.81. The average molecular weight is 300 g/mol. The van der Waals surface area contributed by atoms with E-state index in [9.17, 15) is 4.39 Å². The third-order valence-corrected chi connectivity index (χ3v) is 4.01. The van der Waals surface area contributed by atoms with Crippen LogP contribution in [-0.4, -0.2) is 12.1 Å². The molecule has 2 aromatic carbocycles. The minimum absolute atomic E-state index is 0.253. The molecule has 0 saturated carbocycles. The molecular formula is C16H13FN2OS. The Morgan fingerprint density at radius 2 is 1.81 bits per heavy atom. The number of thiazole rings is 1. The summed E-state index contributed by atoms with van der Waals surface area (Å²) in [5.74, 6) is 0.395. The van der Waals surface area contributed by atoms with E-state index in [1.54, 1.807) is 19.2 Å². The van der Waals surface area contributed by atoms with Crippen LogP contribution in [0.1, 0.15) is 0 Å². The highest BCUT2D eigenvalue weighted by Crippen LogP contribution is 2.32. The van der Waals surface area contributed by atoms with Crippen LogP contribution in [0.3, 0.4) is 0 Å². The summed E-state index contributed by atoms with van der Waals surface area (Å²) in [6, 6.07) is 11.9. The van der Waals surface area contributed by atoms with E-state index in [0.717, 1.165) is 21.8 Å². The van der Waals surface area contributed by atoms with Gasteiger partial charge < -0.3 is 10.5 Å². The molecule has 0 atom stereocenters. The molecule has 5 heteroatoms. The van der Waals surface area contributed by atoms with E-state index in [4.69, 9.17) is 10.5 Å². The van der Waals surface area contributed by atoms with Crippen molar-refractivity contribution in [1.82, 2.24) is 4.98 Å². The molecule has 2 N–H and O–H groups in total. The van der Waals surface area contributed by atoms with Gasteiger partial charge in [0.15, 0.2) is 0 Å². The molecule has 0 aliphatic heterocycles. The van der Waals surface area contributed by atoms with Crippen molar-refractivity contribution < 1.29 is 9.13 Å². The lowest BCUT2D eigenvalue weighted by Gasteiger charge is -2.05. The van der Waals surface area contributed by atoms with Gasteiger partial charge in [-0.3, -0.25) is 0 Å². The number of rotatable bonds is 3. The first kappa shape index (κ1) is 13.6. The Bertz CT molecular complexity index is 768. The fourth-order valence-electron chi connectivity index (χ4n) is 2.03. The van der Waals surface area contributed by atoms with Gasteiger partial charge in [-0.15, -0.1) is 11.3 Å². The molecule has 0 bridgehead atoms. The lowest BCUT2D eigenvalue weighted by atomic mass is 10.1. The molecule has 0 aliphatic carbocycles. The molecule has 0 spiro atoms. The van der Waals surface area contributed by atoms with Gasteiger partial charge >= 0.3 is 0 Å². The summed E-state index contributed by atoms with van der Waals surface area (Å²) in [4.78, 5) is 4.58. The Kier molecular flexibility index (Phi) is 3.58. The molecule has 3 aromatic rings. The second kappa shape index (κ2) is 5.54. The van der Waals surface area contributed by atoms with Crippen LogP contribution in [0.4, 0.5) is 10.1 Å². The van der Waals surface area contributed by atoms with E-state index < -0.39 is 0 Å². The maximum absolute atomic E-state index is 12.9. The van der Waals surface area contributed by atoms with Crippen LogP contribution < -0.4 is 10.5 Å². The highest BCUT2D eigenvalue weighted by atomic mass is 32.1. The lowest BCUT2D eigenvalue weighted by Crippen LogP contribution is -1.92. The number of hydrogen-bond acceptors (Lipinski definition) is 4. The molecule has 0 saturated heterocycles. The fraction of sp³-hybridized carbons (Fsp3) is 0.0625. The summed E-state index contributed by atoms with van der Waals surface area (Å²) in [7, 11) is 1.58. The van der Waals surface area contributed by atoms with E-state index in [0.29, 0.717) is 11.4 Å². The normalized spacial score (nSPS) is 10.6. The van der Waals surface area contributed by atoms with Crippen LogP contribution in [-0.2, 0) is 0 Å². The van der Waals surface area contributed by atoms with Crippen molar-refractivity contribution >= 4 is 17.0 Å². The zero-order chi connectivity index (χ0) is 14.8. The van der Waals surface area contributed by atoms with Gasteiger partial charge in [-0.1, -0.05) is 0 Å². The number of benzene rings is 2. The second-order valence-electron chi connectivity index (χ2n) is 4.50. The average Bonchev–Trinajstić information content (AvgIpc) is 2.98. The zero-order valence-corrected chi connectivity index (χ0v) is 12.2. The smallest absolute Gasteiger partial charge is 0.141 e. The molecule has 3 nitrogen and oxygen atoms in total. The second-order valence-corrected chi connectivity index (χ2v) is 5.36. The summed E-state index contributed by atoms with van der Waals surface area (Å²) < 4.78 is 18.1. The van der Waals surface area contributed by atoms with Gasteiger partial charge in [-0.05, 0) is 42.5 Å². The standard InChI is InChI=1S/C16H13FN2OS/c1-20-15-7-4-11(8-13(15)18)16-19-14(9-21-16)10-2-5-12(17)6-3-10/h2-9H,18H2,1H3. The van der Waals surface area contributed by atoms with Crippen LogP contribution >= 0.6 is 11.3 Å². The quantitative estimate of drug-likeness (QED) is 0.737. The maximum atomic E-state index is 12.9. The number of anilines is 1. The topological polar surface area (TPSA) is 48.1 Å². The highest BCUT2D eigenvalue weighted by Gasteiger charge is 2.09. The SMILES string of the molecule is COc1ccc(-c2nc(-c3ccc(F)cc3)cs2)cc1N. The largest absolute Gasteiger partial charge is 0.495 e. The number of methoxy groups -OCH3 is 1. The van der Waals surface area contributed by atoms with Crippen LogP contribution in [0, 0.1) is 5.82 Å². The molecule has 0 unspecified atom stereocenters. The number of hydrogen-bond donors (Lipinski definition) is 1. The van der Waals surface area contributed by atoms with E-state index in [-0.39, 0.29) is 5.82 Å². The molecule has 0 amide bonds. The summed E-state index contributed by atoms with van der Waals surface area (Å²) >= 11 is 1.52. The summed E-state index contributed by atoms with van der Waals surface area (Å²) in [6.45, 7) is 0. The van der Waals surface area contributed by atoms with Crippen LogP contribution in [0.2, 0.25) is 0 Å². The molecule has 1 heterocycles. The van der Waals surface area contributed by atoms with E-state index in [2.05, 4.69) is 4.98 Å². The molecular weight excluding hydrogens is 287 g/mol. The molecule has 3 rings (SSSR count). The monoisotopic (exact) mass is 300 g/mol. The van der Waals surface area contributed by atoms with Crippen LogP contribution in [0.25, 0.3) is 21.8 Å². The fourth-order valence-corrected chi connectivity index (χ4v) is 2.85. The molecule has 0 radical (unpaired) electrons. The van der Waals surface area contributed by atoms with E-state index >= 15 is 0 Å². The Balaban J connectivity index is 1.94. The van der Waals surface area contributed by atoms with Crippen molar-refractivity contribution in [2.75, 3.05) is 12.8 Å². The van der Waals surface area contributed by atoms with Gasteiger partial charge in [0.1, 0.15) is 16.6 Å². The highest BCUT2D eigenvalue weighted by molar-refractivity contribution is 7.13. The van der Waals surface area contributed by atoms with Crippen molar-refractivity contribution in [3.63, 3.8) is 0 Å². The van der Waals surface area contributed by atoms with Gasteiger partial charge in [-0.25, -0.2) is 9.37 Å².